The first kappa shape index (κ1) is 26.4. The van der Waals surface area contributed by atoms with Gasteiger partial charge in [-0.15, -0.1) is 0 Å². The summed E-state index contributed by atoms with van der Waals surface area (Å²) in [6.45, 7) is 5.73. The van der Waals surface area contributed by atoms with E-state index in [0.29, 0.717) is 17.4 Å². The van der Waals surface area contributed by atoms with Crippen molar-refractivity contribution >= 4 is 33.6 Å². The molecule has 1 aliphatic heterocycles. The van der Waals surface area contributed by atoms with Crippen molar-refractivity contribution in [1.29, 1.82) is 0 Å². The Labute approximate surface area is 236 Å². The fourth-order valence-electron chi connectivity index (χ4n) is 5.54. The van der Waals surface area contributed by atoms with Gasteiger partial charge in [-0.2, -0.15) is 0 Å². The molecule has 0 spiro atoms. The molecule has 3 heterocycles. The fourth-order valence-corrected chi connectivity index (χ4v) is 6.37. The van der Waals surface area contributed by atoms with E-state index in [0.717, 1.165) is 52.7 Å². The van der Waals surface area contributed by atoms with E-state index in [4.69, 9.17) is 4.42 Å². The van der Waals surface area contributed by atoms with E-state index in [2.05, 4.69) is 4.90 Å². The highest BCUT2D eigenvalue weighted by Gasteiger charge is 2.23. The van der Waals surface area contributed by atoms with E-state index in [1.54, 1.807) is 4.57 Å². The van der Waals surface area contributed by atoms with Gasteiger partial charge in [0.25, 0.3) is 5.56 Å². The van der Waals surface area contributed by atoms with Crippen LogP contribution in [0.15, 0.2) is 96.6 Å². The van der Waals surface area contributed by atoms with Crippen LogP contribution in [0.1, 0.15) is 36.0 Å². The van der Waals surface area contributed by atoms with Gasteiger partial charge in [0, 0.05) is 10.3 Å². The highest BCUT2D eigenvalue weighted by atomic mass is 32.2. The van der Waals surface area contributed by atoms with Crippen LogP contribution in [0.4, 0.5) is 0 Å². The first-order valence-electron chi connectivity index (χ1n) is 13.8. The Balaban J connectivity index is 1.47. The number of hydrogen-bond acceptors (Lipinski definition) is 6. The molecule has 6 rings (SSSR count). The van der Waals surface area contributed by atoms with Crippen LogP contribution >= 0.6 is 11.8 Å². The molecule has 3 aromatic carbocycles. The maximum atomic E-state index is 14.1. The van der Waals surface area contributed by atoms with E-state index in [1.165, 1.54) is 25.9 Å². The van der Waals surface area contributed by atoms with E-state index in [-0.39, 0.29) is 27.2 Å². The summed E-state index contributed by atoms with van der Waals surface area (Å²) in [5.74, 6) is -0.333. The third kappa shape index (κ3) is 5.31. The zero-order chi connectivity index (χ0) is 27.6. The maximum absolute atomic E-state index is 14.1. The number of nitrogens with zero attached hydrogens (tertiary/aromatic N) is 2. The maximum Gasteiger partial charge on any atom is 0.354 e. The van der Waals surface area contributed by atoms with Crippen LogP contribution in [0.25, 0.3) is 21.9 Å². The third-order valence-corrected chi connectivity index (χ3v) is 8.75. The fraction of sp³-hybridized carbons (Fsp3) is 0.273. The van der Waals surface area contributed by atoms with Gasteiger partial charge in [-0.1, -0.05) is 65.9 Å². The standard InChI is InChI=1S/C33H32N2O4S/c1-22-11-14-25(15-12-22)40-31-29(36)28-30(39-33(31)38)26-16-13-23(10-7-19-34-17-5-6-18-34)20-27(26)35(32(28)37)21-24-8-3-2-4-9-24/h2-4,8-9,11-16,20,36H,5-7,10,17-19,21H2,1H3. The Morgan fingerprint density at radius 1 is 0.925 bits per heavy atom. The molecule has 0 radical (unpaired) electrons. The molecule has 1 aliphatic rings. The van der Waals surface area contributed by atoms with Gasteiger partial charge in [0.1, 0.15) is 10.3 Å². The van der Waals surface area contributed by atoms with Crippen LogP contribution in [0, 0.1) is 6.92 Å². The summed E-state index contributed by atoms with van der Waals surface area (Å²) >= 11 is 1.10. The molecule has 1 saturated heterocycles. The molecule has 0 unspecified atom stereocenters. The molecule has 0 amide bonds. The summed E-state index contributed by atoms with van der Waals surface area (Å²) in [6, 6.07) is 23.4. The number of aromatic hydroxyl groups is 1. The van der Waals surface area contributed by atoms with Crippen molar-refractivity contribution in [3.05, 3.63) is 110 Å². The predicted octanol–water partition coefficient (Wildman–Crippen LogP) is 6.35. The molecule has 1 N–H and O–H groups in total. The second-order valence-corrected chi connectivity index (χ2v) is 11.7. The Morgan fingerprint density at radius 3 is 2.42 bits per heavy atom. The highest BCUT2D eigenvalue weighted by Crippen LogP contribution is 2.37. The van der Waals surface area contributed by atoms with Gasteiger partial charge in [0.2, 0.25) is 0 Å². The number of aromatic nitrogens is 1. The molecule has 6 nitrogen and oxygen atoms in total. The van der Waals surface area contributed by atoms with Crippen molar-refractivity contribution in [3.8, 4) is 5.75 Å². The van der Waals surface area contributed by atoms with E-state index in [1.807, 2.05) is 79.7 Å². The van der Waals surface area contributed by atoms with Crippen molar-refractivity contribution in [3.63, 3.8) is 0 Å². The van der Waals surface area contributed by atoms with Gasteiger partial charge in [-0.3, -0.25) is 4.79 Å². The number of likely N-dealkylation sites (tertiary alicyclic amines) is 1. The molecule has 40 heavy (non-hydrogen) atoms. The van der Waals surface area contributed by atoms with Crippen molar-refractivity contribution in [2.75, 3.05) is 19.6 Å². The van der Waals surface area contributed by atoms with Gasteiger partial charge >= 0.3 is 5.63 Å². The molecule has 0 aliphatic carbocycles. The lowest BCUT2D eigenvalue weighted by atomic mass is 10.0. The zero-order valence-electron chi connectivity index (χ0n) is 22.6. The minimum Gasteiger partial charge on any atom is -0.505 e. The Morgan fingerprint density at radius 2 is 1.68 bits per heavy atom. The highest BCUT2D eigenvalue weighted by molar-refractivity contribution is 7.99. The number of rotatable bonds is 8. The Kier molecular flexibility index (Phi) is 7.50. The number of fused-ring (bicyclic) bond motifs is 3. The van der Waals surface area contributed by atoms with Crippen LogP contribution in [-0.2, 0) is 13.0 Å². The second-order valence-electron chi connectivity index (χ2n) is 10.6. The molecule has 0 atom stereocenters. The van der Waals surface area contributed by atoms with Crippen molar-refractivity contribution in [2.45, 2.75) is 48.9 Å². The summed E-state index contributed by atoms with van der Waals surface area (Å²) in [4.78, 5) is 30.5. The smallest absolute Gasteiger partial charge is 0.354 e. The van der Waals surface area contributed by atoms with Crippen LogP contribution in [0.3, 0.4) is 0 Å². The lowest BCUT2D eigenvalue weighted by Crippen LogP contribution is -2.23. The van der Waals surface area contributed by atoms with Crippen LogP contribution in [0.2, 0.25) is 0 Å². The monoisotopic (exact) mass is 552 g/mol. The van der Waals surface area contributed by atoms with Gasteiger partial charge in [-0.25, -0.2) is 4.79 Å². The average Bonchev–Trinajstić information content (AvgIpc) is 3.48. The molecular formula is C33H32N2O4S. The normalized spacial score (nSPS) is 13.9. The van der Waals surface area contributed by atoms with E-state index < -0.39 is 5.63 Å². The average molecular weight is 553 g/mol. The van der Waals surface area contributed by atoms with Gasteiger partial charge < -0.3 is 19.0 Å². The molecular weight excluding hydrogens is 520 g/mol. The third-order valence-electron chi connectivity index (χ3n) is 7.68. The molecule has 5 aromatic rings. The van der Waals surface area contributed by atoms with Gasteiger partial charge in [0.15, 0.2) is 11.3 Å². The topological polar surface area (TPSA) is 75.7 Å². The first-order valence-corrected chi connectivity index (χ1v) is 14.7. The summed E-state index contributed by atoms with van der Waals surface area (Å²) in [5, 5.41) is 12.0. The Hall–Kier alpha value is -3.81. The minimum atomic E-state index is -0.660. The summed E-state index contributed by atoms with van der Waals surface area (Å²) in [6.07, 6.45) is 4.49. The SMILES string of the molecule is Cc1ccc(Sc2c(O)c3c(=O)n(Cc4ccccc4)c4cc(CCCN5CCCC5)ccc4c3oc2=O)cc1. The zero-order valence-corrected chi connectivity index (χ0v) is 23.4. The van der Waals surface area contributed by atoms with E-state index >= 15 is 0 Å². The van der Waals surface area contributed by atoms with Crippen molar-refractivity contribution < 1.29 is 9.52 Å². The molecule has 0 bridgehead atoms. The number of pyridine rings is 1. The lowest BCUT2D eigenvalue weighted by molar-refractivity contribution is 0.334. The first-order chi connectivity index (χ1) is 19.5. The van der Waals surface area contributed by atoms with Crippen LogP contribution in [-0.4, -0.2) is 34.2 Å². The van der Waals surface area contributed by atoms with E-state index in [9.17, 15) is 14.7 Å². The molecule has 0 saturated carbocycles. The lowest BCUT2D eigenvalue weighted by Gasteiger charge is -2.16. The minimum absolute atomic E-state index is 0.0117. The quantitative estimate of drug-likeness (QED) is 0.226. The summed E-state index contributed by atoms with van der Waals surface area (Å²) in [5.41, 5.74) is 2.97. The second kappa shape index (κ2) is 11.4. The van der Waals surface area contributed by atoms with Crippen LogP contribution < -0.4 is 11.2 Å². The molecule has 1 fully saturated rings. The largest absolute Gasteiger partial charge is 0.505 e. The molecule has 204 valence electrons. The number of aryl methyl sites for hydroxylation is 2. The summed E-state index contributed by atoms with van der Waals surface area (Å²) in [7, 11) is 0. The Bertz CT molecular complexity index is 1790. The number of benzene rings is 3. The number of hydrogen-bond donors (Lipinski definition) is 1. The van der Waals surface area contributed by atoms with Gasteiger partial charge in [0.05, 0.1) is 12.1 Å². The van der Waals surface area contributed by atoms with Crippen molar-refractivity contribution in [2.24, 2.45) is 0 Å². The molecule has 2 aromatic heterocycles. The predicted molar refractivity (Wildman–Crippen MR) is 161 cm³/mol. The molecule has 7 heteroatoms. The van der Waals surface area contributed by atoms with Crippen LogP contribution in [0.5, 0.6) is 5.75 Å². The van der Waals surface area contributed by atoms with Crippen molar-refractivity contribution in [1.82, 2.24) is 9.47 Å². The van der Waals surface area contributed by atoms with Gasteiger partial charge in [-0.05, 0) is 87.6 Å². The summed E-state index contributed by atoms with van der Waals surface area (Å²) < 4.78 is 7.49.